The average Bonchev–Trinajstić information content (AvgIpc) is 2.18. The predicted octanol–water partition coefficient (Wildman–Crippen LogP) is 2.07. The molecule has 0 N–H and O–H groups in total. The molecule has 0 amide bonds. The molecule has 1 atom stereocenters. The zero-order valence-electron chi connectivity index (χ0n) is 7.24. The second-order valence-electron chi connectivity index (χ2n) is 2.72. The Morgan fingerprint density at radius 1 is 1.33 bits per heavy atom. The number of nitriles is 1. The van der Waals surface area contributed by atoms with Gasteiger partial charge in [0.2, 0.25) is 0 Å². The summed E-state index contributed by atoms with van der Waals surface area (Å²) in [5.41, 5.74) is 0.0661. The van der Waals surface area contributed by atoms with Crippen molar-refractivity contribution >= 4 is 0 Å². The van der Waals surface area contributed by atoms with Gasteiger partial charge in [0.15, 0.2) is 5.60 Å². The van der Waals surface area contributed by atoms with Gasteiger partial charge in [-0.15, -0.1) is 0 Å². The number of hydrogen-bond acceptors (Lipinski definition) is 2. The van der Waals surface area contributed by atoms with Gasteiger partial charge in [-0.3, -0.25) is 0 Å². The summed E-state index contributed by atoms with van der Waals surface area (Å²) < 4.78 is 5.11. The first-order chi connectivity index (χ1) is 5.73. The van der Waals surface area contributed by atoms with E-state index in [1.807, 2.05) is 30.3 Å². The Balaban J connectivity index is 3.06. The number of methoxy groups -OCH3 is 1. The molecule has 0 aromatic heterocycles. The Morgan fingerprint density at radius 3 is 2.33 bits per heavy atom. The first-order valence-electron chi connectivity index (χ1n) is 3.75. The average molecular weight is 161 g/mol. The summed E-state index contributed by atoms with van der Waals surface area (Å²) in [6.07, 6.45) is 0. The minimum Gasteiger partial charge on any atom is -0.359 e. The van der Waals surface area contributed by atoms with E-state index < -0.39 is 5.60 Å². The summed E-state index contributed by atoms with van der Waals surface area (Å²) in [6, 6.07) is 11.6. The molecule has 0 aliphatic heterocycles. The van der Waals surface area contributed by atoms with Crippen molar-refractivity contribution in [1.29, 1.82) is 5.26 Å². The molecule has 0 bridgehead atoms. The van der Waals surface area contributed by atoms with Crippen LogP contribution in [0.4, 0.5) is 0 Å². The molecule has 12 heavy (non-hydrogen) atoms. The minimum absolute atomic E-state index is 0.818. The van der Waals surface area contributed by atoms with Crippen molar-refractivity contribution in [3.8, 4) is 6.07 Å². The summed E-state index contributed by atoms with van der Waals surface area (Å²) in [4.78, 5) is 0. The zero-order valence-corrected chi connectivity index (χ0v) is 7.24. The van der Waals surface area contributed by atoms with Crippen molar-refractivity contribution in [3.63, 3.8) is 0 Å². The lowest BCUT2D eigenvalue weighted by atomic mass is 9.98. The van der Waals surface area contributed by atoms with E-state index in [0.29, 0.717) is 0 Å². The molecule has 2 heteroatoms. The lowest BCUT2D eigenvalue weighted by Gasteiger charge is -2.19. The first-order valence-corrected chi connectivity index (χ1v) is 3.75. The summed E-state index contributed by atoms with van der Waals surface area (Å²) in [6.45, 7) is 1.75. The molecule has 1 aromatic rings. The largest absolute Gasteiger partial charge is 0.359 e. The molecule has 0 aliphatic carbocycles. The minimum atomic E-state index is -0.818. The van der Waals surface area contributed by atoms with Gasteiger partial charge in [0.05, 0.1) is 0 Å². The SMILES string of the molecule is COC(C)(C#N)c1ccccc1. The maximum absolute atomic E-state index is 8.86. The lowest BCUT2D eigenvalue weighted by molar-refractivity contribution is 0.0532. The molecule has 0 spiro atoms. The van der Waals surface area contributed by atoms with E-state index in [1.54, 1.807) is 6.92 Å². The fourth-order valence-corrected chi connectivity index (χ4v) is 0.984. The van der Waals surface area contributed by atoms with Crippen molar-refractivity contribution < 1.29 is 4.74 Å². The monoisotopic (exact) mass is 161 g/mol. The highest BCUT2D eigenvalue weighted by atomic mass is 16.5. The molecular formula is C10H11NO. The van der Waals surface area contributed by atoms with Gasteiger partial charge in [0.25, 0.3) is 0 Å². The first kappa shape index (κ1) is 8.76. The van der Waals surface area contributed by atoms with E-state index in [9.17, 15) is 0 Å². The molecule has 2 nitrogen and oxygen atoms in total. The highest BCUT2D eigenvalue weighted by molar-refractivity contribution is 5.27. The Morgan fingerprint density at radius 2 is 1.92 bits per heavy atom. The second-order valence-corrected chi connectivity index (χ2v) is 2.72. The third kappa shape index (κ3) is 1.46. The van der Waals surface area contributed by atoms with E-state index in [0.717, 1.165) is 5.56 Å². The highest BCUT2D eigenvalue weighted by Gasteiger charge is 2.24. The number of benzene rings is 1. The standard InChI is InChI=1S/C10H11NO/c1-10(8-11,12-2)9-6-4-3-5-7-9/h3-7H,1-2H3. The molecule has 1 rings (SSSR count). The van der Waals surface area contributed by atoms with Crippen molar-refractivity contribution in [2.75, 3.05) is 7.11 Å². The quantitative estimate of drug-likeness (QED) is 0.665. The van der Waals surface area contributed by atoms with Crippen LogP contribution >= 0.6 is 0 Å². The van der Waals surface area contributed by atoms with Gasteiger partial charge in [-0.25, -0.2) is 0 Å². The van der Waals surface area contributed by atoms with Crippen LogP contribution in [0.3, 0.4) is 0 Å². The summed E-state index contributed by atoms with van der Waals surface area (Å²) in [7, 11) is 1.54. The van der Waals surface area contributed by atoms with E-state index in [-0.39, 0.29) is 0 Å². The molecule has 0 heterocycles. The molecular weight excluding hydrogens is 150 g/mol. The van der Waals surface area contributed by atoms with Crippen LogP contribution in [-0.2, 0) is 10.3 Å². The Kier molecular flexibility index (Phi) is 2.47. The Bertz CT molecular complexity index is 288. The normalized spacial score (nSPS) is 14.8. The Labute approximate surface area is 72.4 Å². The number of rotatable bonds is 2. The fraction of sp³-hybridized carbons (Fsp3) is 0.300. The fourth-order valence-electron chi connectivity index (χ4n) is 0.984. The molecule has 1 unspecified atom stereocenters. The molecule has 0 fully saturated rings. The number of ether oxygens (including phenoxy) is 1. The van der Waals surface area contributed by atoms with Crippen molar-refractivity contribution in [2.45, 2.75) is 12.5 Å². The lowest BCUT2D eigenvalue weighted by Crippen LogP contribution is -2.21. The van der Waals surface area contributed by atoms with Gasteiger partial charge in [-0.1, -0.05) is 30.3 Å². The molecule has 0 radical (unpaired) electrons. The number of nitrogens with zero attached hydrogens (tertiary/aromatic N) is 1. The molecule has 0 saturated heterocycles. The van der Waals surface area contributed by atoms with Crippen molar-refractivity contribution in [1.82, 2.24) is 0 Å². The van der Waals surface area contributed by atoms with Crippen LogP contribution in [0.5, 0.6) is 0 Å². The molecule has 0 saturated carbocycles. The third-order valence-corrected chi connectivity index (χ3v) is 1.95. The van der Waals surface area contributed by atoms with E-state index >= 15 is 0 Å². The van der Waals surface area contributed by atoms with Crippen LogP contribution in [0.25, 0.3) is 0 Å². The molecule has 62 valence electrons. The van der Waals surface area contributed by atoms with Crippen LogP contribution in [-0.4, -0.2) is 7.11 Å². The van der Waals surface area contributed by atoms with Crippen LogP contribution in [0.2, 0.25) is 0 Å². The van der Waals surface area contributed by atoms with E-state index in [2.05, 4.69) is 6.07 Å². The number of hydrogen-bond donors (Lipinski definition) is 0. The smallest absolute Gasteiger partial charge is 0.176 e. The summed E-state index contributed by atoms with van der Waals surface area (Å²) in [5.74, 6) is 0. The van der Waals surface area contributed by atoms with Crippen molar-refractivity contribution in [2.24, 2.45) is 0 Å². The van der Waals surface area contributed by atoms with Gasteiger partial charge < -0.3 is 4.74 Å². The summed E-state index contributed by atoms with van der Waals surface area (Å²) in [5, 5.41) is 8.86. The van der Waals surface area contributed by atoms with Gasteiger partial charge in [-0.2, -0.15) is 5.26 Å². The van der Waals surface area contributed by atoms with Gasteiger partial charge in [0.1, 0.15) is 6.07 Å². The highest BCUT2D eigenvalue weighted by Crippen LogP contribution is 2.22. The van der Waals surface area contributed by atoms with Crippen LogP contribution in [0.1, 0.15) is 12.5 Å². The van der Waals surface area contributed by atoms with E-state index in [1.165, 1.54) is 7.11 Å². The molecule has 1 aromatic carbocycles. The van der Waals surface area contributed by atoms with E-state index in [4.69, 9.17) is 10.00 Å². The van der Waals surface area contributed by atoms with Gasteiger partial charge >= 0.3 is 0 Å². The van der Waals surface area contributed by atoms with Crippen LogP contribution < -0.4 is 0 Å². The third-order valence-electron chi connectivity index (χ3n) is 1.95. The maximum atomic E-state index is 8.86. The predicted molar refractivity (Wildman–Crippen MR) is 46.4 cm³/mol. The van der Waals surface area contributed by atoms with Crippen LogP contribution in [0.15, 0.2) is 30.3 Å². The van der Waals surface area contributed by atoms with Crippen LogP contribution in [0, 0.1) is 11.3 Å². The second kappa shape index (κ2) is 3.38. The molecule has 0 aliphatic rings. The Hall–Kier alpha value is -1.33. The topological polar surface area (TPSA) is 33.0 Å². The zero-order chi connectivity index (χ0) is 9.03. The maximum Gasteiger partial charge on any atom is 0.176 e. The van der Waals surface area contributed by atoms with Gasteiger partial charge in [-0.05, 0) is 12.5 Å². The van der Waals surface area contributed by atoms with Gasteiger partial charge in [0, 0.05) is 7.11 Å². The van der Waals surface area contributed by atoms with Crippen molar-refractivity contribution in [3.05, 3.63) is 35.9 Å². The summed E-state index contributed by atoms with van der Waals surface area (Å²) >= 11 is 0.